The molecule has 124 valence electrons. The first-order chi connectivity index (χ1) is 11.1. The Bertz CT molecular complexity index is 599. The summed E-state index contributed by atoms with van der Waals surface area (Å²) in [4.78, 5) is 20.2. The average molecular weight is 352 g/mol. The third-order valence-electron chi connectivity index (χ3n) is 4.46. The van der Waals surface area contributed by atoms with Crippen LogP contribution in [-0.2, 0) is 0 Å². The molecule has 0 N–H and O–H groups in total. The molecule has 2 aliphatic heterocycles. The molecule has 1 aromatic rings. The molecule has 6 heteroatoms. The van der Waals surface area contributed by atoms with Gasteiger partial charge < -0.3 is 4.90 Å². The molecule has 1 aromatic carbocycles. The molecule has 0 bridgehead atoms. The number of anilines is 1. The van der Waals surface area contributed by atoms with E-state index in [2.05, 4.69) is 20.9 Å². The van der Waals surface area contributed by atoms with Gasteiger partial charge in [-0.15, -0.1) is 0 Å². The van der Waals surface area contributed by atoms with E-state index >= 15 is 0 Å². The van der Waals surface area contributed by atoms with Gasteiger partial charge in [-0.25, -0.2) is 4.99 Å². The smallest absolute Gasteiger partial charge is 0.305 e. The van der Waals surface area contributed by atoms with Crippen molar-refractivity contribution in [2.75, 3.05) is 37.6 Å². The van der Waals surface area contributed by atoms with Gasteiger partial charge in [-0.05, 0) is 44.5 Å². The molecule has 0 aromatic heterocycles. The third-order valence-corrected chi connectivity index (χ3v) is 5.85. The van der Waals surface area contributed by atoms with Gasteiger partial charge in [-0.3, -0.25) is 9.69 Å². The number of carbonyl (C=O) groups excluding carboxylic acids is 1. The van der Waals surface area contributed by atoms with E-state index in [1.54, 1.807) is 0 Å². The summed E-state index contributed by atoms with van der Waals surface area (Å²) < 4.78 is 0. The third kappa shape index (κ3) is 4.49. The zero-order valence-corrected chi connectivity index (χ0v) is 14.9. The number of halogens is 1. The topological polar surface area (TPSA) is 35.9 Å². The number of benzene rings is 1. The number of nitrogens with zero attached hydrogens (tertiary/aromatic N) is 3. The fourth-order valence-corrected chi connectivity index (χ4v) is 4.25. The van der Waals surface area contributed by atoms with Crippen LogP contribution in [0.15, 0.2) is 29.3 Å². The summed E-state index contributed by atoms with van der Waals surface area (Å²) in [5.41, 5.74) is 2.20. The minimum absolute atomic E-state index is 0.0253. The second kappa shape index (κ2) is 7.69. The first-order valence-electron chi connectivity index (χ1n) is 8.10. The molecule has 1 atom stereocenters. The van der Waals surface area contributed by atoms with E-state index in [0.29, 0.717) is 5.25 Å². The second-order valence-corrected chi connectivity index (χ2v) is 7.67. The quantitative estimate of drug-likeness (QED) is 0.805. The maximum Gasteiger partial charge on any atom is 0.305 e. The van der Waals surface area contributed by atoms with Gasteiger partial charge in [-0.2, -0.15) is 0 Å². The Kier molecular flexibility index (Phi) is 5.62. The molecule has 2 heterocycles. The van der Waals surface area contributed by atoms with Crippen LogP contribution in [0.2, 0.25) is 5.02 Å². The van der Waals surface area contributed by atoms with Gasteiger partial charge in [0.05, 0.1) is 5.25 Å². The molecular weight excluding hydrogens is 330 g/mol. The van der Waals surface area contributed by atoms with Crippen LogP contribution in [0, 0.1) is 0 Å². The number of carbonyl (C=O) groups is 1. The summed E-state index contributed by atoms with van der Waals surface area (Å²) in [6.07, 6.45) is 2.16. The summed E-state index contributed by atoms with van der Waals surface area (Å²) in [7, 11) is 0. The molecule has 3 rings (SSSR count). The van der Waals surface area contributed by atoms with Crippen molar-refractivity contribution >= 4 is 40.0 Å². The Morgan fingerprint density at radius 3 is 2.74 bits per heavy atom. The largest absolute Gasteiger partial charge is 0.369 e. The average Bonchev–Trinajstić information content (AvgIpc) is 2.86. The first-order valence-corrected chi connectivity index (χ1v) is 9.36. The molecule has 0 aliphatic carbocycles. The fourth-order valence-electron chi connectivity index (χ4n) is 3.12. The summed E-state index contributed by atoms with van der Waals surface area (Å²) in [6.45, 7) is 7.30. The van der Waals surface area contributed by atoms with Crippen molar-refractivity contribution in [2.24, 2.45) is 4.99 Å². The Labute approximate surface area is 146 Å². The van der Waals surface area contributed by atoms with Gasteiger partial charge in [0.2, 0.25) is 0 Å². The van der Waals surface area contributed by atoms with Gasteiger partial charge in [0.15, 0.2) is 0 Å². The number of piperazine rings is 1. The predicted molar refractivity (Wildman–Crippen MR) is 99.2 cm³/mol. The molecule has 1 unspecified atom stereocenters. The highest BCUT2D eigenvalue weighted by molar-refractivity contribution is 8.15. The lowest BCUT2D eigenvalue weighted by atomic mass is 10.1. The van der Waals surface area contributed by atoms with Gasteiger partial charge in [0.1, 0.15) is 0 Å². The molecule has 0 spiro atoms. The predicted octanol–water partition coefficient (Wildman–Crippen LogP) is 3.94. The van der Waals surface area contributed by atoms with E-state index in [4.69, 9.17) is 11.6 Å². The normalized spacial score (nSPS) is 22.5. The summed E-state index contributed by atoms with van der Waals surface area (Å²) >= 11 is 7.45. The molecule has 0 saturated carbocycles. The monoisotopic (exact) mass is 351 g/mol. The number of rotatable bonds is 5. The number of amides is 1. The van der Waals surface area contributed by atoms with Crippen LogP contribution in [0.5, 0.6) is 0 Å². The van der Waals surface area contributed by atoms with Crippen LogP contribution in [0.4, 0.5) is 10.5 Å². The van der Waals surface area contributed by atoms with Crippen molar-refractivity contribution in [2.45, 2.75) is 25.0 Å². The van der Waals surface area contributed by atoms with Crippen molar-refractivity contribution in [1.29, 1.82) is 0 Å². The van der Waals surface area contributed by atoms with Crippen LogP contribution in [0.25, 0.3) is 0 Å². The van der Waals surface area contributed by atoms with E-state index in [0.717, 1.165) is 56.3 Å². The highest BCUT2D eigenvalue weighted by Gasteiger charge is 2.24. The van der Waals surface area contributed by atoms with Crippen LogP contribution in [0.3, 0.4) is 0 Å². The number of hydrogen-bond acceptors (Lipinski definition) is 4. The Balaban J connectivity index is 1.40. The van der Waals surface area contributed by atoms with Crippen molar-refractivity contribution in [3.63, 3.8) is 0 Å². The molecule has 4 nitrogen and oxygen atoms in total. The highest BCUT2D eigenvalue weighted by Crippen LogP contribution is 2.27. The number of thioether (sulfide) groups is 1. The minimum atomic E-state index is -0.0253. The van der Waals surface area contributed by atoms with Crippen LogP contribution in [0.1, 0.15) is 19.8 Å². The van der Waals surface area contributed by atoms with Gasteiger partial charge in [-0.1, -0.05) is 29.4 Å². The summed E-state index contributed by atoms with van der Waals surface area (Å²) in [5, 5.41) is 1.07. The minimum Gasteiger partial charge on any atom is -0.369 e. The lowest BCUT2D eigenvalue weighted by molar-refractivity contribution is 0.254. The van der Waals surface area contributed by atoms with Crippen molar-refractivity contribution in [1.82, 2.24) is 4.90 Å². The van der Waals surface area contributed by atoms with E-state index in [-0.39, 0.29) is 5.24 Å². The number of hydrogen-bond donors (Lipinski definition) is 0. The van der Waals surface area contributed by atoms with E-state index in [1.165, 1.54) is 17.4 Å². The Morgan fingerprint density at radius 2 is 2.09 bits per heavy atom. The van der Waals surface area contributed by atoms with Gasteiger partial charge in [0.25, 0.3) is 0 Å². The zero-order valence-electron chi connectivity index (χ0n) is 13.4. The zero-order chi connectivity index (χ0) is 16.2. The SMILES string of the molecule is CC1=NC(=O)SC1CCCN1CCN(c2cccc(Cl)c2)CC1. The van der Waals surface area contributed by atoms with Crippen LogP contribution >= 0.6 is 23.4 Å². The second-order valence-electron chi connectivity index (χ2n) is 6.08. The molecule has 0 radical (unpaired) electrons. The van der Waals surface area contributed by atoms with E-state index < -0.39 is 0 Å². The molecule has 1 saturated heterocycles. The van der Waals surface area contributed by atoms with Crippen LogP contribution < -0.4 is 4.90 Å². The molecular formula is C17H22ClN3OS. The Morgan fingerprint density at radius 1 is 1.30 bits per heavy atom. The Hall–Kier alpha value is -1.04. The lowest BCUT2D eigenvalue weighted by Crippen LogP contribution is -2.46. The highest BCUT2D eigenvalue weighted by atomic mass is 35.5. The van der Waals surface area contributed by atoms with Gasteiger partial charge in [0, 0.05) is 42.6 Å². The molecule has 23 heavy (non-hydrogen) atoms. The van der Waals surface area contributed by atoms with E-state index in [1.807, 2.05) is 25.1 Å². The standard InChI is InChI=1S/C17H22ClN3OS/c1-13-16(23-17(22)19-13)6-3-7-20-8-10-21(11-9-20)15-5-2-4-14(18)12-15/h2,4-5,12,16H,3,6-11H2,1H3. The van der Waals surface area contributed by atoms with Gasteiger partial charge >= 0.3 is 5.24 Å². The van der Waals surface area contributed by atoms with Crippen molar-refractivity contribution < 1.29 is 4.79 Å². The van der Waals surface area contributed by atoms with Crippen molar-refractivity contribution in [3.8, 4) is 0 Å². The maximum absolute atomic E-state index is 11.3. The fraction of sp³-hybridized carbons (Fsp3) is 0.529. The lowest BCUT2D eigenvalue weighted by Gasteiger charge is -2.36. The number of aliphatic imine (C=N–C) groups is 1. The van der Waals surface area contributed by atoms with E-state index in [9.17, 15) is 4.79 Å². The summed E-state index contributed by atoms with van der Waals surface area (Å²) in [5.74, 6) is 0. The molecule has 2 aliphatic rings. The molecule has 1 amide bonds. The first kappa shape index (κ1) is 16.8. The summed E-state index contributed by atoms with van der Waals surface area (Å²) in [6, 6.07) is 8.08. The van der Waals surface area contributed by atoms with Crippen LogP contribution in [-0.4, -0.2) is 53.8 Å². The van der Waals surface area contributed by atoms with Crippen molar-refractivity contribution in [3.05, 3.63) is 29.3 Å². The maximum atomic E-state index is 11.3. The molecule has 1 fully saturated rings.